The SMILES string of the molecule is OC(C#CC(O)C1=CC=CC1)C1=CC=CC1. The van der Waals surface area contributed by atoms with Crippen LogP contribution in [0.3, 0.4) is 0 Å². The van der Waals surface area contributed by atoms with Gasteiger partial charge in [-0.2, -0.15) is 0 Å². The minimum atomic E-state index is -0.764. The lowest BCUT2D eigenvalue weighted by atomic mass is 10.1. The Balaban J connectivity index is 1.93. The number of aliphatic hydroxyl groups excluding tert-OH is 2. The average Bonchev–Trinajstić information content (AvgIpc) is 2.95. The summed E-state index contributed by atoms with van der Waals surface area (Å²) in [6, 6.07) is 0. The Morgan fingerprint density at radius 3 is 1.62 bits per heavy atom. The maximum atomic E-state index is 9.71. The van der Waals surface area contributed by atoms with E-state index in [0.29, 0.717) is 0 Å². The van der Waals surface area contributed by atoms with Crippen LogP contribution in [0, 0.1) is 11.8 Å². The fourth-order valence-corrected chi connectivity index (χ4v) is 1.68. The van der Waals surface area contributed by atoms with Gasteiger partial charge in [-0.1, -0.05) is 48.3 Å². The predicted octanol–water partition coefficient (Wildman–Crippen LogP) is 1.48. The predicted molar refractivity (Wildman–Crippen MR) is 63.5 cm³/mol. The van der Waals surface area contributed by atoms with E-state index in [0.717, 1.165) is 24.0 Å². The molecule has 0 aromatic carbocycles. The van der Waals surface area contributed by atoms with Gasteiger partial charge in [-0.25, -0.2) is 0 Å². The van der Waals surface area contributed by atoms with Crippen LogP contribution in [-0.4, -0.2) is 22.4 Å². The lowest BCUT2D eigenvalue weighted by molar-refractivity contribution is 0.256. The first-order valence-corrected chi connectivity index (χ1v) is 5.36. The minimum absolute atomic E-state index is 0.746. The molecule has 0 amide bonds. The van der Waals surface area contributed by atoms with Crippen LogP contribution in [0.5, 0.6) is 0 Å². The summed E-state index contributed by atoms with van der Waals surface area (Å²) in [6.07, 6.45) is 11.4. The van der Waals surface area contributed by atoms with Crippen molar-refractivity contribution in [2.45, 2.75) is 25.0 Å². The minimum Gasteiger partial charge on any atom is -0.376 e. The highest BCUT2D eigenvalue weighted by atomic mass is 16.3. The molecule has 0 saturated carbocycles. The molecule has 2 aliphatic rings. The molecule has 82 valence electrons. The van der Waals surface area contributed by atoms with Gasteiger partial charge in [-0.05, 0) is 24.0 Å². The van der Waals surface area contributed by atoms with Crippen molar-refractivity contribution in [2.75, 3.05) is 0 Å². The molecule has 2 rings (SSSR count). The van der Waals surface area contributed by atoms with E-state index in [4.69, 9.17) is 0 Å². The van der Waals surface area contributed by atoms with Crippen LogP contribution in [0.25, 0.3) is 0 Å². The van der Waals surface area contributed by atoms with Crippen LogP contribution in [0.2, 0.25) is 0 Å². The molecule has 2 heteroatoms. The van der Waals surface area contributed by atoms with Crippen LogP contribution >= 0.6 is 0 Å². The number of allylic oxidation sites excluding steroid dienone is 6. The molecule has 0 aromatic heterocycles. The molecule has 0 saturated heterocycles. The second-order valence-electron chi connectivity index (χ2n) is 3.84. The van der Waals surface area contributed by atoms with Gasteiger partial charge in [0.2, 0.25) is 0 Å². The van der Waals surface area contributed by atoms with Gasteiger partial charge >= 0.3 is 0 Å². The Kier molecular flexibility index (Phi) is 3.40. The maximum absolute atomic E-state index is 9.71. The van der Waals surface area contributed by atoms with E-state index in [2.05, 4.69) is 11.8 Å². The molecule has 2 atom stereocenters. The second kappa shape index (κ2) is 4.98. The second-order valence-corrected chi connectivity index (χ2v) is 3.84. The van der Waals surface area contributed by atoms with E-state index < -0.39 is 12.2 Å². The van der Waals surface area contributed by atoms with Crippen molar-refractivity contribution in [3.05, 3.63) is 47.6 Å². The van der Waals surface area contributed by atoms with Crippen LogP contribution < -0.4 is 0 Å². The summed E-state index contributed by atoms with van der Waals surface area (Å²) in [5.41, 5.74) is 1.77. The highest BCUT2D eigenvalue weighted by Crippen LogP contribution is 2.16. The summed E-state index contributed by atoms with van der Waals surface area (Å²) in [5.74, 6) is 5.36. The van der Waals surface area contributed by atoms with Gasteiger partial charge in [0.15, 0.2) is 0 Å². The van der Waals surface area contributed by atoms with Crippen LogP contribution in [0.4, 0.5) is 0 Å². The normalized spacial score (nSPS) is 21.1. The Morgan fingerprint density at radius 2 is 1.31 bits per heavy atom. The summed E-state index contributed by atoms with van der Waals surface area (Å²) in [6.45, 7) is 0. The molecule has 16 heavy (non-hydrogen) atoms. The maximum Gasteiger partial charge on any atom is 0.136 e. The van der Waals surface area contributed by atoms with E-state index in [1.165, 1.54) is 0 Å². The largest absolute Gasteiger partial charge is 0.376 e. The van der Waals surface area contributed by atoms with Crippen molar-refractivity contribution < 1.29 is 10.2 Å². The molecular weight excluding hydrogens is 200 g/mol. The van der Waals surface area contributed by atoms with E-state index in [1.807, 2.05) is 36.5 Å². The number of aliphatic hydroxyl groups is 2. The van der Waals surface area contributed by atoms with Crippen molar-refractivity contribution in [2.24, 2.45) is 0 Å². The van der Waals surface area contributed by atoms with Gasteiger partial charge in [0.25, 0.3) is 0 Å². The third-order valence-electron chi connectivity index (χ3n) is 2.66. The molecule has 0 radical (unpaired) electrons. The Morgan fingerprint density at radius 1 is 0.875 bits per heavy atom. The van der Waals surface area contributed by atoms with Crippen molar-refractivity contribution >= 4 is 0 Å². The number of hydrogen-bond acceptors (Lipinski definition) is 2. The third kappa shape index (κ3) is 2.52. The fraction of sp³-hybridized carbons (Fsp3) is 0.286. The highest BCUT2D eigenvalue weighted by molar-refractivity contribution is 5.35. The van der Waals surface area contributed by atoms with Crippen molar-refractivity contribution in [3.63, 3.8) is 0 Å². The molecule has 0 fully saturated rings. The monoisotopic (exact) mass is 214 g/mol. The molecule has 2 nitrogen and oxygen atoms in total. The lowest BCUT2D eigenvalue weighted by Gasteiger charge is -2.06. The standard InChI is InChI=1S/C14H14O2/c15-13(11-5-1-2-6-11)9-10-14(16)12-7-3-4-8-12/h1-5,7,13-16H,6,8H2. The summed E-state index contributed by atoms with van der Waals surface area (Å²) >= 11 is 0. The summed E-state index contributed by atoms with van der Waals surface area (Å²) in [4.78, 5) is 0. The van der Waals surface area contributed by atoms with Crippen LogP contribution in [0.15, 0.2) is 47.6 Å². The van der Waals surface area contributed by atoms with Gasteiger partial charge in [0, 0.05) is 0 Å². The van der Waals surface area contributed by atoms with Crippen molar-refractivity contribution in [3.8, 4) is 11.8 Å². The zero-order valence-electron chi connectivity index (χ0n) is 8.93. The van der Waals surface area contributed by atoms with Gasteiger partial charge in [0.1, 0.15) is 12.2 Å². The Hall–Kier alpha value is -1.56. The molecule has 0 bridgehead atoms. The third-order valence-corrected chi connectivity index (χ3v) is 2.66. The van der Waals surface area contributed by atoms with Crippen LogP contribution in [-0.2, 0) is 0 Å². The van der Waals surface area contributed by atoms with E-state index in [1.54, 1.807) is 0 Å². The van der Waals surface area contributed by atoms with Gasteiger partial charge in [-0.15, -0.1) is 0 Å². The quantitative estimate of drug-likeness (QED) is 0.684. The number of hydrogen-bond donors (Lipinski definition) is 2. The van der Waals surface area contributed by atoms with E-state index in [9.17, 15) is 10.2 Å². The van der Waals surface area contributed by atoms with Gasteiger partial charge < -0.3 is 10.2 Å². The molecule has 2 aliphatic carbocycles. The van der Waals surface area contributed by atoms with Gasteiger partial charge in [0.05, 0.1) is 0 Å². The highest BCUT2D eigenvalue weighted by Gasteiger charge is 2.11. The first kappa shape index (κ1) is 10.9. The lowest BCUT2D eigenvalue weighted by Crippen LogP contribution is -2.10. The molecular formula is C14H14O2. The van der Waals surface area contributed by atoms with E-state index in [-0.39, 0.29) is 0 Å². The smallest absolute Gasteiger partial charge is 0.136 e. The number of rotatable bonds is 2. The molecule has 0 spiro atoms. The topological polar surface area (TPSA) is 40.5 Å². The van der Waals surface area contributed by atoms with Crippen molar-refractivity contribution in [1.82, 2.24) is 0 Å². The van der Waals surface area contributed by atoms with Crippen molar-refractivity contribution in [1.29, 1.82) is 0 Å². The average molecular weight is 214 g/mol. The first-order chi connectivity index (χ1) is 7.77. The molecule has 0 heterocycles. The van der Waals surface area contributed by atoms with Crippen LogP contribution in [0.1, 0.15) is 12.8 Å². The molecule has 2 unspecified atom stereocenters. The Bertz CT molecular complexity index is 401. The Labute approximate surface area is 95.3 Å². The molecule has 0 aromatic rings. The zero-order valence-corrected chi connectivity index (χ0v) is 8.93. The zero-order chi connectivity index (χ0) is 11.4. The first-order valence-electron chi connectivity index (χ1n) is 5.36. The molecule has 2 N–H and O–H groups in total. The summed E-state index contributed by atoms with van der Waals surface area (Å²) in [5, 5.41) is 19.4. The van der Waals surface area contributed by atoms with Gasteiger partial charge in [-0.3, -0.25) is 0 Å². The summed E-state index contributed by atoms with van der Waals surface area (Å²) in [7, 11) is 0. The molecule has 0 aliphatic heterocycles. The van der Waals surface area contributed by atoms with E-state index >= 15 is 0 Å². The summed E-state index contributed by atoms with van der Waals surface area (Å²) < 4.78 is 0. The fourth-order valence-electron chi connectivity index (χ4n) is 1.68.